The van der Waals surface area contributed by atoms with Gasteiger partial charge in [-0.05, 0) is 29.9 Å². The van der Waals surface area contributed by atoms with E-state index in [1.807, 2.05) is 0 Å². The molecule has 1 aromatic heterocycles. The van der Waals surface area contributed by atoms with Crippen LogP contribution in [-0.2, 0) is 13.0 Å². The van der Waals surface area contributed by atoms with Crippen LogP contribution in [0.1, 0.15) is 54.1 Å². The third-order valence-electron chi connectivity index (χ3n) is 6.04. The number of urea groups is 1. The van der Waals surface area contributed by atoms with Crippen LogP contribution in [0.25, 0.3) is 0 Å². The summed E-state index contributed by atoms with van der Waals surface area (Å²) in [5.41, 5.74) is 2.93. The molecule has 0 spiro atoms. The molecule has 0 radical (unpaired) electrons. The van der Waals surface area contributed by atoms with Crippen LogP contribution >= 0.6 is 11.3 Å². The number of amides is 2. The van der Waals surface area contributed by atoms with E-state index in [0.29, 0.717) is 18.6 Å². The zero-order valence-electron chi connectivity index (χ0n) is 15.9. The summed E-state index contributed by atoms with van der Waals surface area (Å²) < 4.78 is 0. The van der Waals surface area contributed by atoms with E-state index in [1.54, 1.807) is 16.2 Å². The van der Waals surface area contributed by atoms with Crippen molar-refractivity contribution in [3.05, 3.63) is 57.8 Å². The second kappa shape index (κ2) is 8.89. The number of thiophene rings is 1. The summed E-state index contributed by atoms with van der Waals surface area (Å²) >= 11 is 1.80. The highest BCUT2D eigenvalue weighted by Gasteiger charge is 2.29. The molecule has 4 rings (SSSR count). The zero-order valence-corrected chi connectivity index (χ0v) is 16.7. The molecule has 2 atom stereocenters. The Balaban J connectivity index is 1.39. The van der Waals surface area contributed by atoms with Gasteiger partial charge < -0.3 is 15.5 Å². The molecule has 4 nitrogen and oxygen atoms in total. The van der Waals surface area contributed by atoms with E-state index in [4.69, 9.17) is 0 Å². The monoisotopic (exact) mass is 384 g/mol. The fraction of sp³-hybridized carbons (Fsp3) is 0.500. The van der Waals surface area contributed by atoms with Crippen LogP contribution in [0.4, 0.5) is 4.79 Å². The van der Waals surface area contributed by atoms with Gasteiger partial charge in [0.05, 0.1) is 18.0 Å². The van der Waals surface area contributed by atoms with Crippen LogP contribution < -0.4 is 15.5 Å². The Morgan fingerprint density at radius 1 is 1.11 bits per heavy atom. The Morgan fingerprint density at radius 3 is 2.70 bits per heavy atom. The Bertz CT molecular complexity index is 740. The van der Waals surface area contributed by atoms with Crippen molar-refractivity contribution in [2.75, 3.05) is 13.1 Å². The van der Waals surface area contributed by atoms with Crippen molar-refractivity contribution in [1.29, 1.82) is 0 Å². The minimum Gasteiger partial charge on any atom is -0.335 e. The van der Waals surface area contributed by atoms with Crippen molar-refractivity contribution in [3.63, 3.8) is 0 Å². The van der Waals surface area contributed by atoms with Gasteiger partial charge >= 0.3 is 6.03 Å². The molecule has 0 bridgehead atoms. The third kappa shape index (κ3) is 4.71. The van der Waals surface area contributed by atoms with E-state index in [0.717, 1.165) is 32.4 Å². The Hall–Kier alpha value is -1.85. The standard InChI is InChI=1S/C22H29N3OS/c26-22(24-19-9-2-1-3-10-19)23-15-20(21-11-6-14-27-21)25-13-12-17-7-4-5-8-18(17)16-25/h4-8,11,14,19-20H,1-3,9-10,12-13,15-16H2,(H2,23,24,26)/p+1/t20-/m0/s1. The van der Waals surface area contributed by atoms with Crippen molar-refractivity contribution in [2.45, 2.75) is 57.2 Å². The molecule has 5 heteroatoms. The van der Waals surface area contributed by atoms with Gasteiger partial charge in [-0.25, -0.2) is 4.79 Å². The topological polar surface area (TPSA) is 45.6 Å². The van der Waals surface area contributed by atoms with Gasteiger partial charge in [0.15, 0.2) is 0 Å². The number of benzene rings is 1. The first kappa shape index (κ1) is 18.5. The second-order valence-corrected chi connectivity index (χ2v) is 8.84. The number of quaternary nitrogens is 1. The molecule has 1 aliphatic heterocycles. The van der Waals surface area contributed by atoms with Crippen molar-refractivity contribution < 1.29 is 9.69 Å². The van der Waals surface area contributed by atoms with E-state index in [9.17, 15) is 4.79 Å². The molecule has 2 amide bonds. The maximum absolute atomic E-state index is 12.4. The summed E-state index contributed by atoms with van der Waals surface area (Å²) in [6.07, 6.45) is 7.13. The number of hydrogen-bond acceptors (Lipinski definition) is 2. The number of fused-ring (bicyclic) bond motifs is 1. The average Bonchev–Trinajstić information content (AvgIpc) is 3.23. The van der Waals surface area contributed by atoms with Gasteiger partial charge in [-0.1, -0.05) is 49.6 Å². The SMILES string of the molecule is O=C(NC[C@@H](c1cccs1)[NH+]1CCc2ccccc2C1)NC1CCCCC1. The van der Waals surface area contributed by atoms with Crippen LogP contribution in [0.2, 0.25) is 0 Å². The van der Waals surface area contributed by atoms with Crippen molar-refractivity contribution in [2.24, 2.45) is 0 Å². The van der Waals surface area contributed by atoms with Crippen LogP contribution in [0.15, 0.2) is 41.8 Å². The maximum atomic E-state index is 12.4. The highest BCUT2D eigenvalue weighted by Crippen LogP contribution is 2.19. The highest BCUT2D eigenvalue weighted by atomic mass is 32.1. The largest absolute Gasteiger partial charge is 0.335 e. The molecule has 2 heterocycles. The molecule has 2 aliphatic rings. The molecule has 2 aromatic rings. The summed E-state index contributed by atoms with van der Waals surface area (Å²) in [6.45, 7) is 2.84. The molecule has 27 heavy (non-hydrogen) atoms. The molecule has 1 aliphatic carbocycles. The van der Waals surface area contributed by atoms with Gasteiger partial charge in [0, 0.05) is 18.0 Å². The Morgan fingerprint density at radius 2 is 1.93 bits per heavy atom. The van der Waals surface area contributed by atoms with Crippen LogP contribution in [-0.4, -0.2) is 25.2 Å². The van der Waals surface area contributed by atoms with Gasteiger partial charge in [0.25, 0.3) is 0 Å². The summed E-state index contributed by atoms with van der Waals surface area (Å²) in [7, 11) is 0. The fourth-order valence-corrected chi connectivity index (χ4v) is 5.40. The van der Waals surface area contributed by atoms with E-state index in [-0.39, 0.29) is 6.03 Å². The average molecular weight is 385 g/mol. The molecule has 0 saturated heterocycles. The van der Waals surface area contributed by atoms with Crippen LogP contribution in [0.5, 0.6) is 0 Å². The van der Waals surface area contributed by atoms with Gasteiger partial charge in [-0.3, -0.25) is 0 Å². The lowest BCUT2D eigenvalue weighted by molar-refractivity contribution is -0.945. The number of carbonyl (C=O) groups is 1. The van der Waals surface area contributed by atoms with Crippen LogP contribution in [0, 0.1) is 0 Å². The zero-order chi connectivity index (χ0) is 18.5. The lowest BCUT2D eigenvalue weighted by Gasteiger charge is -2.32. The quantitative estimate of drug-likeness (QED) is 0.729. The molecular formula is C22H30N3OS+. The second-order valence-electron chi connectivity index (χ2n) is 7.86. The number of rotatable bonds is 5. The van der Waals surface area contributed by atoms with Crippen molar-refractivity contribution >= 4 is 17.4 Å². The predicted molar refractivity (Wildman–Crippen MR) is 110 cm³/mol. The van der Waals surface area contributed by atoms with Gasteiger partial charge in [0.2, 0.25) is 0 Å². The van der Waals surface area contributed by atoms with E-state index < -0.39 is 0 Å². The lowest BCUT2D eigenvalue weighted by Crippen LogP contribution is -3.12. The lowest BCUT2D eigenvalue weighted by atomic mass is 9.96. The van der Waals surface area contributed by atoms with Crippen molar-refractivity contribution in [1.82, 2.24) is 10.6 Å². The van der Waals surface area contributed by atoms with Gasteiger partial charge in [0.1, 0.15) is 12.6 Å². The smallest absolute Gasteiger partial charge is 0.315 e. The van der Waals surface area contributed by atoms with E-state index in [1.165, 1.54) is 35.3 Å². The first-order valence-corrected chi connectivity index (χ1v) is 11.2. The fourth-order valence-electron chi connectivity index (χ4n) is 4.51. The molecule has 3 N–H and O–H groups in total. The maximum Gasteiger partial charge on any atom is 0.315 e. The first-order valence-electron chi connectivity index (χ1n) is 10.3. The third-order valence-corrected chi connectivity index (χ3v) is 7.02. The molecule has 144 valence electrons. The van der Waals surface area contributed by atoms with Crippen LogP contribution in [0.3, 0.4) is 0 Å². The van der Waals surface area contributed by atoms with E-state index in [2.05, 4.69) is 52.4 Å². The van der Waals surface area contributed by atoms with Crippen molar-refractivity contribution in [3.8, 4) is 0 Å². The molecular weight excluding hydrogens is 354 g/mol. The van der Waals surface area contributed by atoms with Gasteiger partial charge in [-0.2, -0.15) is 0 Å². The molecule has 1 fully saturated rings. The summed E-state index contributed by atoms with van der Waals surface area (Å²) in [5.74, 6) is 0. The Kier molecular flexibility index (Phi) is 6.10. The summed E-state index contributed by atoms with van der Waals surface area (Å²) in [4.78, 5) is 15.4. The Labute approximate surface area is 166 Å². The normalized spacial score (nSPS) is 21.3. The minimum absolute atomic E-state index is 0.000246. The number of carbonyl (C=O) groups excluding carboxylic acids is 1. The van der Waals surface area contributed by atoms with E-state index >= 15 is 0 Å². The first-order chi connectivity index (χ1) is 13.3. The number of nitrogens with one attached hydrogen (secondary N) is 3. The minimum atomic E-state index is 0.000246. The summed E-state index contributed by atoms with van der Waals surface area (Å²) in [5, 5.41) is 8.50. The predicted octanol–water partition coefficient (Wildman–Crippen LogP) is 3.06. The van der Waals surface area contributed by atoms with Gasteiger partial charge in [-0.15, -0.1) is 11.3 Å². The number of hydrogen-bond donors (Lipinski definition) is 3. The summed E-state index contributed by atoms with van der Waals surface area (Å²) in [6, 6.07) is 13.8. The molecule has 1 unspecified atom stereocenters. The molecule has 1 saturated carbocycles. The molecule has 1 aromatic carbocycles. The highest BCUT2D eigenvalue weighted by molar-refractivity contribution is 7.10.